The summed E-state index contributed by atoms with van der Waals surface area (Å²) in [7, 11) is 1.87. The first kappa shape index (κ1) is 21.8. The summed E-state index contributed by atoms with van der Waals surface area (Å²) in [4.78, 5) is 17.9. The van der Waals surface area contributed by atoms with Crippen LogP contribution in [0.2, 0.25) is 5.02 Å². The summed E-state index contributed by atoms with van der Waals surface area (Å²) in [6.45, 7) is 0.938. The Kier molecular flexibility index (Phi) is 4.10. The zero-order valence-electron chi connectivity index (χ0n) is 20.4. The van der Waals surface area contributed by atoms with Gasteiger partial charge in [-0.3, -0.25) is 9.69 Å². The van der Waals surface area contributed by atoms with Crippen molar-refractivity contribution in [3.05, 3.63) is 58.1 Å². The number of ether oxygens (including phenoxy) is 1. The largest absolute Gasteiger partial charge is 0.504 e. The highest BCUT2D eigenvalue weighted by Crippen LogP contribution is 2.75. The van der Waals surface area contributed by atoms with E-state index in [1.54, 1.807) is 6.07 Å². The molecule has 2 unspecified atom stereocenters. The van der Waals surface area contributed by atoms with Crippen molar-refractivity contribution in [3.63, 3.8) is 0 Å². The zero-order valence-corrected chi connectivity index (χ0v) is 21.2. The van der Waals surface area contributed by atoms with Crippen molar-refractivity contribution in [2.45, 2.75) is 79.7 Å². The van der Waals surface area contributed by atoms with Gasteiger partial charge < -0.3 is 19.8 Å². The summed E-state index contributed by atoms with van der Waals surface area (Å²) in [6, 6.07) is 11.5. The number of aliphatic hydroxyl groups is 1. The predicted octanol–water partition coefficient (Wildman–Crippen LogP) is 3.43. The number of likely N-dealkylation sites (N-methyl/N-ethyl adjacent to an activating group) is 1. The Labute approximate surface area is 215 Å². The topological polar surface area (TPSA) is 73.0 Å². The Morgan fingerprint density at radius 1 is 1.17 bits per heavy atom. The number of piperidine rings is 1. The molecule has 6 nitrogen and oxygen atoms in total. The van der Waals surface area contributed by atoms with Gasteiger partial charge in [0.15, 0.2) is 11.5 Å². The number of benzene rings is 2. The number of hydrogen-bond donors (Lipinski definition) is 2. The number of rotatable bonds is 4. The van der Waals surface area contributed by atoms with Gasteiger partial charge in [-0.05, 0) is 73.8 Å². The van der Waals surface area contributed by atoms with Gasteiger partial charge in [0.25, 0.3) is 0 Å². The molecule has 4 fully saturated rings. The van der Waals surface area contributed by atoms with Crippen molar-refractivity contribution in [2.24, 2.45) is 5.92 Å². The van der Waals surface area contributed by atoms with Crippen molar-refractivity contribution < 1.29 is 19.7 Å². The number of aromatic hydroxyl groups is 1. The van der Waals surface area contributed by atoms with Crippen molar-refractivity contribution in [1.82, 2.24) is 9.80 Å². The molecule has 7 heteroatoms. The maximum Gasteiger partial charge on any atom is 0.227 e. The normalized spacial score (nSPS) is 40.6. The standard InChI is InChI=1S/C29H31ClN2O4/c1-31(22(34)14-16-2-7-19(30)8-3-16)20-10-11-29(35)27-12-13-32-25(17-4-5-17)28(29,32)15-18-6-9-21(33)24(23(18)27)36-26(20)27/h2-3,6-9,17,20,25-26,33,35H,4-5,10-15H2,1H3/t20-,25?,26+,27+,28+,29+,32?/m1/s1. The smallest absolute Gasteiger partial charge is 0.227 e. The third-order valence-corrected chi connectivity index (χ3v) is 11.0. The van der Waals surface area contributed by atoms with Gasteiger partial charge in [-0.2, -0.15) is 0 Å². The lowest BCUT2D eigenvalue weighted by Gasteiger charge is -2.62. The van der Waals surface area contributed by atoms with Gasteiger partial charge in [0.1, 0.15) is 6.10 Å². The van der Waals surface area contributed by atoms with Gasteiger partial charge in [0.2, 0.25) is 5.91 Å². The summed E-state index contributed by atoms with van der Waals surface area (Å²) < 4.78 is 6.66. The van der Waals surface area contributed by atoms with E-state index >= 15 is 0 Å². The van der Waals surface area contributed by atoms with Crippen LogP contribution < -0.4 is 4.74 Å². The molecule has 1 amide bonds. The van der Waals surface area contributed by atoms with Crippen LogP contribution in [0.1, 0.15) is 48.8 Å². The molecule has 3 aliphatic carbocycles. The Bertz CT molecular complexity index is 1310. The van der Waals surface area contributed by atoms with Gasteiger partial charge in [-0.1, -0.05) is 29.8 Å². The fraction of sp³-hybridized carbons (Fsp3) is 0.552. The molecular formula is C29H31ClN2O4. The summed E-state index contributed by atoms with van der Waals surface area (Å²) in [6.07, 6.45) is 5.36. The Morgan fingerprint density at radius 2 is 1.94 bits per heavy atom. The van der Waals surface area contributed by atoms with E-state index in [0.717, 1.165) is 30.5 Å². The molecule has 188 valence electrons. The lowest BCUT2D eigenvalue weighted by Crippen LogP contribution is -2.77. The van der Waals surface area contributed by atoms with Crippen LogP contribution in [0.4, 0.5) is 0 Å². The lowest BCUT2D eigenvalue weighted by atomic mass is 9.46. The van der Waals surface area contributed by atoms with Gasteiger partial charge >= 0.3 is 0 Å². The molecule has 0 radical (unpaired) electrons. The minimum atomic E-state index is -0.918. The monoisotopic (exact) mass is 506 g/mol. The van der Waals surface area contributed by atoms with Crippen molar-refractivity contribution in [3.8, 4) is 11.5 Å². The SMILES string of the molecule is CN(C(=O)Cc1ccc(Cl)cc1)[C@@H]1CC[C@]2(O)[C@@]34CCN5C(C6CC6)[C@]52Cc2ccc(O)c(c23)O[C@@H]14. The first-order chi connectivity index (χ1) is 17.3. The zero-order chi connectivity index (χ0) is 24.6. The van der Waals surface area contributed by atoms with Gasteiger partial charge in [0, 0.05) is 30.2 Å². The molecule has 2 N–H and O–H groups in total. The number of nitrogens with zero attached hydrogens (tertiary/aromatic N) is 2. The van der Waals surface area contributed by atoms with Crippen LogP contribution >= 0.6 is 11.6 Å². The fourth-order valence-corrected chi connectivity index (χ4v) is 9.24. The first-order valence-electron chi connectivity index (χ1n) is 13.3. The molecule has 8 rings (SSSR count). The molecule has 3 heterocycles. The molecule has 0 aromatic heterocycles. The van der Waals surface area contributed by atoms with Gasteiger partial charge in [0.05, 0.1) is 29.0 Å². The number of carbonyl (C=O) groups is 1. The molecule has 2 aromatic rings. The van der Waals surface area contributed by atoms with E-state index in [1.165, 1.54) is 18.4 Å². The molecule has 2 aromatic carbocycles. The van der Waals surface area contributed by atoms with E-state index in [1.807, 2.05) is 42.3 Å². The molecule has 7 atom stereocenters. The van der Waals surface area contributed by atoms with E-state index in [-0.39, 0.29) is 29.3 Å². The third kappa shape index (κ3) is 2.36. The summed E-state index contributed by atoms with van der Waals surface area (Å²) >= 11 is 6.03. The van der Waals surface area contributed by atoms with Gasteiger partial charge in [-0.25, -0.2) is 0 Å². The highest BCUT2D eigenvalue weighted by atomic mass is 35.5. The van der Waals surface area contributed by atoms with E-state index < -0.39 is 11.0 Å². The predicted molar refractivity (Wildman–Crippen MR) is 134 cm³/mol. The fourth-order valence-electron chi connectivity index (χ4n) is 9.11. The van der Waals surface area contributed by atoms with E-state index in [2.05, 4.69) is 4.90 Å². The van der Waals surface area contributed by atoms with Crippen molar-refractivity contribution >= 4 is 17.5 Å². The Morgan fingerprint density at radius 3 is 2.69 bits per heavy atom. The van der Waals surface area contributed by atoms with Crippen LogP contribution in [0.5, 0.6) is 11.5 Å². The van der Waals surface area contributed by atoms with Crippen LogP contribution in [-0.4, -0.2) is 68.8 Å². The molecule has 2 spiro atoms. The number of hydrogen-bond acceptors (Lipinski definition) is 5. The number of halogens is 1. The second-order valence-electron chi connectivity index (χ2n) is 12.1. The van der Waals surface area contributed by atoms with Crippen molar-refractivity contribution in [1.29, 1.82) is 0 Å². The molecule has 3 aliphatic heterocycles. The van der Waals surface area contributed by atoms with Gasteiger partial charge in [-0.15, -0.1) is 0 Å². The number of phenols is 1. The lowest BCUT2D eigenvalue weighted by molar-refractivity contribution is -0.183. The minimum Gasteiger partial charge on any atom is -0.504 e. The van der Waals surface area contributed by atoms with E-state index in [0.29, 0.717) is 42.0 Å². The van der Waals surface area contributed by atoms with Crippen LogP contribution in [0.15, 0.2) is 36.4 Å². The molecule has 2 saturated heterocycles. The number of carbonyl (C=O) groups excluding carboxylic acids is 1. The molecular weight excluding hydrogens is 476 g/mol. The van der Waals surface area contributed by atoms with Crippen molar-refractivity contribution in [2.75, 3.05) is 13.6 Å². The van der Waals surface area contributed by atoms with Crippen LogP contribution in [0.25, 0.3) is 0 Å². The van der Waals surface area contributed by atoms with Crippen LogP contribution in [0, 0.1) is 5.92 Å². The second kappa shape index (κ2) is 6.77. The summed E-state index contributed by atoms with van der Waals surface area (Å²) in [5.74, 6) is 1.39. The highest BCUT2D eigenvalue weighted by Gasteiger charge is 2.87. The number of amides is 1. The first-order valence-corrected chi connectivity index (χ1v) is 13.7. The maximum absolute atomic E-state index is 13.5. The average molecular weight is 507 g/mol. The third-order valence-electron chi connectivity index (χ3n) is 10.7. The maximum atomic E-state index is 13.5. The molecule has 2 bridgehead atoms. The molecule has 36 heavy (non-hydrogen) atoms. The Balaban J connectivity index is 1.21. The molecule has 2 saturated carbocycles. The minimum absolute atomic E-state index is 0.0263. The van der Waals surface area contributed by atoms with Crippen LogP contribution in [-0.2, 0) is 23.1 Å². The Hall–Kier alpha value is -2.28. The quantitative estimate of drug-likeness (QED) is 0.622. The van der Waals surface area contributed by atoms with E-state index in [9.17, 15) is 15.0 Å². The van der Waals surface area contributed by atoms with E-state index in [4.69, 9.17) is 16.3 Å². The summed E-state index contributed by atoms with van der Waals surface area (Å²) in [5, 5.41) is 24.3. The second-order valence-corrected chi connectivity index (χ2v) is 12.5. The highest BCUT2D eigenvalue weighted by molar-refractivity contribution is 6.30. The summed E-state index contributed by atoms with van der Waals surface area (Å²) in [5.41, 5.74) is 1.39. The number of phenolic OH excluding ortho intramolecular Hbond substituents is 1. The average Bonchev–Trinajstić information content (AvgIpc) is 3.76. The molecule has 6 aliphatic rings. The van der Waals surface area contributed by atoms with Crippen LogP contribution in [0.3, 0.4) is 0 Å².